The molecule has 7 heteroatoms. The number of rotatable bonds is 8. The summed E-state index contributed by atoms with van der Waals surface area (Å²) in [6.45, 7) is 1.39. The summed E-state index contributed by atoms with van der Waals surface area (Å²) in [6.07, 6.45) is 0.775. The molecule has 2 rings (SSSR count). The van der Waals surface area contributed by atoms with Gasteiger partial charge in [-0.05, 0) is 48.9 Å². The predicted molar refractivity (Wildman–Crippen MR) is 92.8 cm³/mol. The number of nitrogens with one attached hydrogen (secondary N) is 1. The number of ether oxygens (including phenoxy) is 2. The summed E-state index contributed by atoms with van der Waals surface area (Å²) in [7, 11) is -0.370. The van der Waals surface area contributed by atoms with Gasteiger partial charge in [0.2, 0.25) is 10.0 Å². The van der Waals surface area contributed by atoms with Gasteiger partial charge in [0.05, 0.1) is 19.1 Å². The zero-order valence-corrected chi connectivity index (χ0v) is 14.6. The van der Waals surface area contributed by atoms with Crippen LogP contribution in [-0.2, 0) is 23.0 Å². The minimum absolute atomic E-state index is 0.125. The van der Waals surface area contributed by atoms with Crippen LogP contribution < -0.4 is 19.9 Å². The Morgan fingerprint density at radius 2 is 1.75 bits per heavy atom. The number of methoxy groups -OCH3 is 2. The van der Waals surface area contributed by atoms with Gasteiger partial charge in [-0.1, -0.05) is 12.1 Å². The number of primary sulfonamides is 1. The first-order valence-electron chi connectivity index (χ1n) is 7.47. The van der Waals surface area contributed by atoms with Gasteiger partial charge in [0.25, 0.3) is 0 Å². The molecule has 2 aromatic carbocycles. The van der Waals surface area contributed by atoms with Crippen LogP contribution in [0.1, 0.15) is 11.1 Å². The second kappa shape index (κ2) is 8.14. The van der Waals surface area contributed by atoms with Gasteiger partial charge < -0.3 is 14.8 Å². The SMILES string of the molecule is COc1ccc(OC)c(CNCCc2ccc(S(N)(=O)=O)cc2)c1. The molecule has 6 nitrogen and oxygen atoms in total. The van der Waals surface area contributed by atoms with Crippen LogP contribution >= 0.6 is 0 Å². The van der Waals surface area contributed by atoms with Gasteiger partial charge in [0.1, 0.15) is 11.5 Å². The van der Waals surface area contributed by atoms with Crippen LogP contribution in [0.2, 0.25) is 0 Å². The first-order valence-corrected chi connectivity index (χ1v) is 9.02. The molecule has 0 radical (unpaired) electrons. The van der Waals surface area contributed by atoms with Crippen molar-refractivity contribution < 1.29 is 17.9 Å². The quantitative estimate of drug-likeness (QED) is 0.707. The molecule has 0 aromatic heterocycles. The number of benzene rings is 2. The average molecular weight is 350 g/mol. The van der Waals surface area contributed by atoms with E-state index < -0.39 is 10.0 Å². The lowest BCUT2D eigenvalue weighted by Crippen LogP contribution is -2.17. The molecule has 0 spiro atoms. The maximum atomic E-state index is 11.2. The molecule has 3 N–H and O–H groups in total. The van der Waals surface area contributed by atoms with Crippen LogP contribution in [0.25, 0.3) is 0 Å². The van der Waals surface area contributed by atoms with Gasteiger partial charge in [-0.25, -0.2) is 13.6 Å². The zero-order chi connectivity index (χ0) is 17.6. The third-order valence-corrected chi connectivity index (χ3v) is 4.57. The highest BCUT2D eigenvalue weighted by Crippen LogP contribution is 2.23. The normalized spacial score (nSPS) is 11.3. The highest BCUT2D eigenvalue weighted by Gasteiger charge is 2.07. The van der Waals surface area contributed by atoms with Gasteiger partial charge in [-0.15, -0.1) is 0 Å². The van der Waals surface area contributed by atoms with Crippen molar-refractivity contribution in [3.63, 3.8) is 0 Å². The van der Waals surface area contributed by atoms with E-state index in [0.717, 1.165) is 35.6 Å². The third kappa shape index (κ3) is 4.95. The Morgan fingerprint density at radius 1 is 1.04 bits per heavy atom. The summed E-state index contributed by atoms with van der Waals surface area (Å²) in [5.41, 5.74) is 2.05. The fourth-order valence-electron chi connectivity index (χ4n) is 2.32. The van der Waals surface area contributed by atoms with Crippen LogP contribution in [0.5, 0.6) is 11.5 Å². The second-order valence-electron chi connectivity index (χ2n) is 5.29. The molecule has 0 heterocycles. The Balaban J connectivity index is 1.89. The summed E-state index contributed by atoms with van der Waals surface area (Å²) in [6, 6.07) is 12.3. The first kappa shape index (κ1) is 18.3. The zero-order valence-electron chi connectivity index (χ0n) is 13.8. The largest absolute Gasteiger partial charge is 0.497 e. The van der Waals surface area contributed by atoms with Crippen molar-refractivity contribution in [1.29, 1.82) is 0 Å². The maximum Gasteiger partial charge on any atom is 0.238 e. The molecule has 0 amide bonds. The minimum atomic E-state index is -3.64. The smallest absolute Gasteiger partial charge is 0.238 e. The van der Waals surface area contributed by atoms with Crippen molar-refractivity contribution in [2.45, 2.75) is 17.9 Å². The number of nitrogens with two attached hydrogens (primary N) is 1. The highest BCUT2D eigenvalue weighted by atomic mass is 32.2. The maximum absolute atomic E-state index is 11.2. The van der Waals surface area contributed by atoms with Crippen LogP contribution in [0.4, 0.5) is 0 Å². The lowest BCUT2D eigenvalue weighted by atomic mass is 10.1. The lowest BCUT2D eigenvalue weighted by molar-refractivity contribution is 0.397. The van der Waals surface area contributed by atoms with Gasteiger partial charge >= 0.3 is 0 Å². The Morgan fingerprint density at radius 3 is 2.33 bits per heavy atom. The second-order valence-corrected chi connectivity index (χ2v) is 6.85. The van der Waals surface area contributed by atoms with Crippen molar-refractivity contribution >= 4 is 10.0 Å². The van der Waals surface area contributed by atoms with Crippen molar-refractivity contribution in [2.75, 3.05) is 20.8 Å². The first-order chi connectivity index (χ1) is 11.4. The van der Waals surface area contributed by atoms with Crippen LogP contribution in [-0.4, -0.2) is 29.2 Å². The molecule has 0 saturated carbocycles. The highest BCUT2D eigenvalue weighted by molar-refractivity contribution is 7.89. The van der Waals surface area contributed by atoms with E-state index >= 15 is 0 Å². The molecular formula is C17H22N2O4S. The van der Waals surface area contributed by atoms with Crippen LogP contribution in [0.15, 0.2) is 47.4 Å². The summed E-state index contributed by atoms with van der Waals surface area (Å²) >= 11 is 0. The van der Waals surface area contributed by atoms with Gasteiger partial charge in [-0.3, -0.25) is 0 Å². The molecular weight excluding hydrogens is 328 g/mol. The van der Waals surface area contributed by atoms with E-state index in [-0.39, 0.29) is 4.90 Å². The Hall–Kier alpha value is -2.09. The molecule has 24 heavy (non-hydrogen) atoms. The van der Waals surface area contributed by atoms with Crippen LogP contribution in [0.3, 0.4) is 0 Å². The van der Waals surface area contributed by atoms with Gasteiger partial charge in [-0.2, -0.15) is 0 Å². The van der Waals surface area contributed by atoms with E-state index in [1.807, 2.05) is 18.2 Å². The summed E-state index contributed by atoms with van der Waals surface area (Å²) in [5, 5.41) is 8.42. The number of hydrogen-bond donors (Lipinski definition) is 2. The van der Waals surface area contributed by atoms with E-state index in [0.29, 0.717) is 6.54 Å². The molecule has 0 fully saturated rings. The van der Waals surface area contributed by atoms with E-state index in [1.165, 1.54) is 12.1 Å². The van der Waals surface area contributed by atoms with Crippen LogP contribution in [0, 0.1) is 0 Å². The van der Waals surface area contributed by atoms with Crippen molar-refractivity contribution in [2.24, 2.45) is 5.14 Å². The average Bonchev–Trinajstić information content (AvgIpc) is 2.58. The molecule has 2 aromatic rings. The fraction of sp³-hybridized carbons (Fsp3) is 0.294. The Bertz CT molecular complexity index is 774. The molecule has 0 aliphatic heterocycles. The molecule has 0 unspecified atom stereocenters. The van der Waals surface area contributed by atoms with E-state index in [1.54, 1.807) is 26.4 Å². The van der Waals surface area contributed by atoms with Gasteiger partial charge in [0.15, 0.2) is 0 Å². The monoisotopic (exact) mass is 350 g/mol. The lowest BCUT2D eigenvalue weighted by Gasteiger charge is -2.11. The van der Waals surface area contributed by atoms with Gasteiger partial charge in [0, 0.05) is 12.1 Å². The summed E-state index contributed by atoms with van der Waals surface area (Å²) in [4.78, 5) is 0.125. The van der Waals surface area contributed by atoms with E-state index in [9.17, 15) is 8.42 Å². The summed E-state index contributed by atoms with van der Waals surface area (Å²) in [5.74, 6) is 1.59. The van der Waals surface area contributed by atoms with Crippen molar-refractivity contribution in [3.8, 4) is 11.5 Å². The van der Waals surface area contributed by atoms with E-state index in [2.05, 4.69) is 5.32 Å². The predicted octanol–water partition coefficient (Wildman–Crippen LogP) is 1.68. The topological polar surface area (TPSA) is 90.7 Å². The van der Waals surface area contributed by atoms with E-state index in [4.69, 9.17) is 14.6 Å². The Kier molecular flexibility index (Phi) is 6.19. The molecule has 0 bridgehead atoms. The molecule has 0 saturated heterocycles. The Labute approximate surface area is 142 Å². The fourth-order valence-corrected chi connectivity index (χ4v) is 2.84. The van der Waals surface area contributed by atoms with Crippen molar-refractivity contribution in [1.82, 2.24) is 5.32 Å². The standard InChI is InChI=1S/C17H22N2O4S/c1-22-15-5-8-17(23-2)14(11-15)12-19-10-9-13-3-6-16(7-4-13)24(18,20)21/h3-8,11,19H,9-10,12H2,1-2H3,(H2,18,20,21). The third-order valence-electron chi connectivity index (χ3n) is 3.65. The number of sulfonamides is 1. The summed E-state index contributed by atoms with van der Waals surface area (Å²) < 4.78 is 33.0. The molecule has 0 atom stereocenters. The number of hydrogen-bond acceptors (Lipinski definition) is 5. The molecule has 0 aliphatic rings. The van der Waals surface area contributed by atoms with Crippen molar-refractivity contribution in [3.05, 3.63) is 53.6 Å². The molecule has 130 valence electrons. The minimum Gasteiger partial charge on any atom is -0.497 e. The molecule has 0 aliphatic carbocycles.